The number of nitrogens with zero attached hydrogens (tertiary/aromatic N) is 2. The molecule has 0 atom stereocenters. The normalized spacial score (nSPS) is 10.7. The van der Waals surface area contributed by atoms with Gasteiger partial charge in [0.1, 0.15) is 5.82 Å². The maximum absolute atomic E-state index is 6.08. The van der Waals surface area contributed by atoms with E-state index in [1.54, 1.807) is 4.68 Å². The number of hydrogen-bond acceptors (Lipinski definition) is 2. The Hall–Kier alpha value is -2.07. The van der Waals surface area contributed by atoms with Gasteiger partial charge in [0.25, 0.3) is 0 Å². The van der Waals surface area contributed by atoms with Gasteiger partial charge in [-0.2, -0.15) is 5.10 Å². The summed E-state index contributed by atoms with van der Waals surface area (Å²) < 4.78 is 2.77. The first-order valence-electron chi connectivity index (χ1n) is 6.32. The minimum Gasteiger partial charge on any atom is -0.384 e. The van der Waals surface area contributed by atoms with Crippen LogP contribution in [0.15, 0.2) is 59.1 Å². The maximum atomic E-state index is 6.08. The van der Waals surface area contributed by atoms with Crippen molar-refractivity contribution in [1.29, 1.82) is 0 Å². The fourth-order valence-electron chi connectivity index (χ4n) is 2.13. The van der Waals surface area contributed by atoms with Crippen molar-refractivity contribution in [2.24, 2.45) is 0 Å². The smallest absolute Gasteiger partial charge is 0.127 e. The fourth-order valence-corrected chi connectivity index (χ4v) is 2.83. The average molecular weight is 328 g/mol. The van der Waals surface area contributed by atoms with E-state index in [-0.39, 0.29) is 0 Å². The van der Waals surface area contributed by atoms with Crippen molar-refractivity contribution in [3.8, 4) is 16.9 Å². The highest BCUT2D eigenvalue weighted by atomic mass is 79.9. The molecule has 0 aliphatic rings. The molecule has 0 amide bonds. The Kier molecular flexibility index (Phi) is 3.32. The number of halogens is 1. The zero-order valence-corrected chi connectivity index (χ0v) is 12.6. The minimum absolute atomic E-state index is 0.624. The molecule has 0 bridgehead atoms. The molecule has 3 aromatic rings. The van der Waals surface area contributed by atoms with Gasteiger partial charge in [0.2, 0.25) is 0 Å². The first-order chi connectivity index (χ1) is 9.65. The number of aryl methyl sites for hydroxylation is 1. The quantitative estimate of drug-likeness (QED) is 0.766. The van der Waals surface area contributed by atoms with Crippen molar-refractivity contribution in [3.63, 3.8) is 0 Å². The molecule has 0 fully saturated rings. The molecule has 100 valence electrons. The monoisotopic (exact) mass is 327 g/mol. The summed E-state index contributed by atoms with van der Waals surface area (Å²) in [5.41, 5.74) is 10.1. The molecular formula is C16H14BrN3. The Morgan fingerprint density at radius 1 is 1.05 bits per heavy atom. The van der Waals surface area contributed by atoms with Gasteiger partial charge in [-0.05, 0) is 30.7 Å². The van der Waals surface area contributed by atoms with Crippen LogP contribution in [0, 0.1) is 6.92 Å². The van der Waals surface area contributed by atoms with Crippen molar-refractivity contribution in [2.45, 2.75) is 6.92 Å². The predicted octanol–water partition coefficient (Wildman–Crippen LogP) is 4.19. The highest BCUT2D eigenvalue weighted by Gasteiger charge is 2.11. The Balaban J connectivity index is 2.09. The first-order valence-corrected chi connectivity index (χ1v) is 7.12. The summed E-state index contributed by atoms with van der Waals surface area (Å²) in [6.07, 6.45) is 0. The number of aromatic nitrogens is 2. The summed E-state index contributed by atoms with van der Waals surface area (Å²) in [6, 6.07) is 18.0. The van der Waals surface area contributed by atoms with Crippen LogP contribution in [0.5, 0.6) is 0 Å². The van der Waals surface area contributed by atoms with Gasteiger partial charge in [-0.1, -0.05) is 46.3 Å². The Morgan fingerprint density at radius 2 is 1.80 bits per heavy atom. The Bertz CT molecular complexity index is 748. The second-order valence-electron chi connectivity index (χ2n) is 4.69. The minimum atomic E-state index is 0.624. The predicted molar refractivity (Wildman–Crippen MR) is 85.8 cm³/mol. The standard InChI is InChI=1S/C16H14BrN3/c1-11-7-8-13(14(17)9-11)15-10-16(18)20(19-15)12-5-3-2-4-6-12/h2-10H,18H2,1H3. The average Bonchev–Trinajstić information content (AvgIpc) is 2.81. The summed E-state index contributed by atoms with van der Waals surface area (Å²) >= 11 is 3.58. The van der Waals surface area contributed by atoms with Crippen molar-refractivity contribution >= 4 is 21.7 Å². The molecule has 0 saturated heterocycles. The van der Waals surface area contributed by atoms with E-state index in [1.165, 1.54) is 5.56 Å². The van der Waals surface area contributed by atoms with Gasteiger partial charge in [-0.25, -0.2) is 4.68 Å². The van der Waals surface area contributed by atoms with E-state index < -0.39 is 0 Å². The number of hydrogen-bond donors (Lipinski definition) is 1. The van der Waals surface area contributed by atoms with Crippen LogP contribution in [0.2, 0.25) is 0 Å². The van der Waals surface area contributed by atoms with Crippen molar-refractivity contribution in [3.05, 3.63) is 64.6 Å². The number of rotatable bonds is 2. The van der Waals surface area contributed by atoms with Crippen molar-refractivity contribution < 1.29 is 0 Å². The van der Waals surface area contributed by atoms with E-state index >= 15 is 0 Å². The molecule has 0 unspecified atom stereocenters. The second-order valence-corrected chi connectivity index (χ2v) is 5.54. The molecule has 2 N–H and O–H groups in total. The number of para-hydroxylation sites is 1. The molecule has 1 heterocycles. The van der Waals surface area contributed by atoms with E-state index in [0.717, 1.165) is 21.4 Å². The molecular weight excluding hydrogens is 314 g/mol. The van der Waals surface area contributed by atoms with E-state index in [4.69, 9.17) is 5.73 Å². The van der Waals surface area contributed by atoms with Crippen LogP contribution in [-0.4, -0.2) is 9.78 Å². The molecule has 0 radical (unpaired) electrons. The maximum Gasteiger partial charge on any atom is 0.127 e. The van der Waals surface area contributed by atoms with Gasteiger partial charge in [-0.15, -0.1) is 0 Å². The summed E-state index contributed by atoms with van der Waals surface area (Å²) in [4.78, 5) is 0. The van der Waals surface area contributed by atoms with Crippen molar-refractivity contribution in [2.75, 3.05) is 5.73 Å². The first kappa shape index (κ1) is 12.9. The van der Waals surface area contributed by atoms with Crippen LogP contribution in [0.1, 0.15) is 5.56 Å². The SMILES string of the molecule is Cc1ccc(-c2cc(N)n(-c3ccccc3)n2)c(Br)c1. The highest BCUT2D eigenvalue weighted by molar-refractivity contribution is 9.10. The second kappa shape index (κ2) is 5.13. The lowest BCUT2D eigenvalue weighted by atomic mass is 10.1. The molecule has 3 rings (SSSR count). The van der Waals surface area contributed by atoms with E-state index in [2.05, 4.69) is 46.2 Å². The van der Waals surface area contributed by atoms with Crippen LogP contribution >= 0.6 is 15.9 Å². The molecule has 3 nitrogen and oxygen atoms in total. The molecule has 4 heteroatoms. The highest BCUT2D eigenvalue weighted by Crippen LogP contribution is 2.30. The summed E-state index contributed by atoms with van der Waals surface area (Å²) in [6.45, 7) is 2.06. The fraction of sp³-hybridized carbons (Fsp3) is 0.0625. The third kappa shape index (κ3) is 2.34. The molecule has 0 aliphatic carbocycles. The van der Waals surface area contributed by atoms with E-state index in [9.17, 15) is 0 Å². The molecule has 1 aromatic heterocycles. The van der Waals surface area contributed by atoms with Crippen LogP contribution in [-0.2, 0) is 0 Å². The number of anilines is 1. The Morgan fingerprint density at radius 3 is 2.50 bits per heavy atom. The van der Waals surface area contributed by atoms with Crippen LogP contribution in [0.3, 0.4) is 0 Å². The lowest BCUT2D eigenvalue weighted by Gasteiger charge is -2.03. The largest absolute Gasteiger partial charge is 0.384 e. The van der Waals surface area contributed by atoms with E-state index in [0.29, 0.717) is 5.82 Å². The molecule has 2 aromatic carbocycles. The van der Waals surface area contributed by atoms with Gasteiger partial charge >= 0.3 is 0 Å². The van der Waals surface area contributed by atoms with Gasteiger partial charge in [-0.3, -0.25) is 0 Å². The lowest BCUT2D eigenvalue weighted by molar-refractivity contribution is 0.895. The topological polar surface area (TPSA) is 43.8 Å². The molecule has 0 aliphatic heterocycles. The van der Waals surface area contributed by atoms with Crippen LogP contribution < -0.4 is 5.73 Å². The van der Waals surface area contributed by atoms with Gasteiger partial charge < -0.3 is 5.73 Å². The molecule has 20 heavy (non-hydrogen) atoms. The molecule has 0 spiro atoms. The molecule has 0 saturated carbocycles. The van der Waals surface area contributed by atoms with E-state index in [1.807, 2.05) is 36.4 Å². The zero-order valence-electron chi connectivity index (χ0n) is 11.0. The summed E-state index contributed by atoms with van der Waals surface area (Å²) in [5.74, 6) is 0.624. The summed E-state index contributed by atoms with van der Waals surface area (Å²) in [7, 11) is 0. The Labute approximate surface area is 126 Å². The third-order valence-corrected chi connectivity index (χ3v) is 3.79. The van der Waals surface area contributed by atoms with Gasteiger partial charge in [0, 0.05) is 16.1 Å². The third-order valence-electron chi connectivity index (χ3n) is 3.14. The van der Waals surface area contributed by atoms with Crippen molar-refractivity contribution in [1.82, 2.24) is 9.78 Å². The number of nitrogens with two attached hydrogens (primary N) is 1. The number of nitrogen functional groups attached to an aromatic ring is 1. The zero-order chi connectivity index (χ0) is 14.1. The van der Waals surface area contributed by atoms with Crippen LogP contribution in [0.4, 0.5) is 5.82 Å². The van der Waals surface area contributed by atoms with Gasteiger partial charge in [0.15, 0.2) is 0 Å². The van der Waals surface area contributed by atoms with Gasteiger partial charge in [0.05, 0.1) is 11.4 Å². The lowest BCUT2D eigenvalue weighted by Crippen LogP contribution is -2.01. The number of benzene rings is 2. The van der Waals surface area contributed by atoms with Crippen LogP contribution in [0.25, 0.3) is 16.9 Å². The summed E-state index contributed by atoms with van der Waals surface area (Å²) in [5, 5.41) is 4.60.